The molecule has 4 nitrogen and oxygen atoms in total. The van der Waals surface area contributed by atoms with E-state index in [-0.39, 0.29) is 5.30 Å². The number of carboxylic acid groups (broad SMARTS) is 1. The van der Waals surface area contributed by atoms with Crippen LogP contribution in [-0.2, 0) is 9.36 Å². The Balaban J connectivity index is 2.46. The summed E-state index contributed by atoms with van der Waals surface area (Å²) in [5.41, 5.74) is 0.462. The molecule has 0 radical (unpaired) electrons. The van der Waals surface area contributed by atoms with E-state index in [9.17, 15) is 14.3 Å². The molecule has 0 aliphatic carbocycles. The fourth-order valence-corrected chi connectivity index (χ4v) is 4.24. The number of carbonyl (C=O) groups is 1. The van der Waals surface area contributed by atoms with Gasteiger partial charge in [0.15, 0.2) is 0 Å². The fourth-order valence-electron chi connectivity index (χ4n) is 2.43. The Morgan fingerprint density at radius 1 is 1.13 bits per heavy atom. The number of allylic oxidation sites excluding steroid dienone is 1. The molecule has 23 heavy (non-hydrogen) atoms. The van der Waals surface area contributed by atoms with Crippen molar-refractivity contribution in [1.82, 2.24) is 0 Å². The Labute approximate surface area is 135 Å². The number of hydrogen-bond acceptors (Lipinski definition) is 2. The molecule has 3 unspecified atom stereocenters. The normalized spacial score (nSPS) is 16.1. The molecule has 0 spiro atoms. The third-order valence-electron chi connectivity index (χ3n) is 3.85. The van der Waals surface area contributed by atoms with E-state index in [1.54, 1.807) is 49.4 Å². The molecule has 0 aliphatic heterocycles. The molecule has 0 aliphatic rings. The second-order valence-corrected chi connectivity index (χ2v) is 7.69. The van der Waals surface area contributed by atoms with Gasteiger partial charge in [-0.15, -0.1) is 6.58 Å². The van der Waals surface area contributed by atoms with Crippen LogP contribution in [0.3, 0.4) is 0 Å². The van der Waals surface area contributed by atoms with Crippen LogP contribution in [0.5, 0.6) is 0 Å². The lowest BCUT2D eigenvalue weighted by Gasteiger charge is -2.21. The summed E-state index contributed by atoms with van der Waals surface area (Å²) in [4.78, 5) is 21.8. The van der Waals surface area contributed by atoms with Crippen molar-refractivity contribution < 1.29 is 19.4 Å². The van der Waals surface area contributed by atoms with E-state index in [2.05, 4.69) is 6.58 Å². The van der Waals surface area contributed by atoms with Gasteiger partial charge in [-0.3, -0.25) is 9.36 Å². The van der Waals surface area contributed by atoms with Crippen molar-refractivity contribution in [1.29, 1.82) is 0 Å². The van der Waals surface area contributed by atoms with Gasteiger partial charge in [-0.25, -0.2) is 0 Å². The number of benzene rings is 2. The van der Waals surface area contributed by atoms with Crippen LogP contribution in [0.4, 0.5) is 0 Å². The molecule has 2 aromatic rings. The zero-order chi connectivity index (χ0) is 17.0. The third kappa shape index (κ3) is 3.61. The number of aliphatic carboxylic acids is 1. The Kier molecular flexibility index (Phi) is 5.19. The van der Waals surface area contributed by atoms with E-state index < -0.39 is 24.9 Å². The molecular formula is C18H19O4P. The maximum atomic E-state index is 13.0. The van der Waals surface area contributed by atoms with Crippen LogP contribution in [0.15, 0.2) is 67.3 Å². The van der Waals surface area contributed by atoms with E-state index in [1.807, 2.05) is 6.07 Å². The summed E-state index contributed by atoms with van der Waals surface area (Å²) < 4.78 is 13.0. The molecule has 0 fully saturated rings. The average Bonchev–Trinajstić information content (AvgIpc) is 2.55. The van der Waals surface area contributed by atoms with Crippen molar-refractivity contribution in [3.63, 3.8) is 0 Å². The molecule has 2 rings (SSSR count). The van der Waals surface area contributed by atoms with Gasteiger partial charge in [0.1, 0.15) is 0 Å². The van der Waals surface area contributed by atoms with Crippen molar-refractivity contribution in [2.24, 2.45) is 0 Å². The molecule has 3 atom stereocenters. The topological polar surface area (TPSA) is 74.6 Å². The van der Waals surface area contributed by atoms with Crippen LogP contribution in [0.25, 0.3) is 0 Å². The van der Waals surface area contributed by atoms with E-state index in [0.29, 0.717) is 11.1 Å². The van der Waals surface area contributed by atoms with E-state index in [0.717, 1.165) is 0 Å². The van der Waals surface area contributed by atoms with Gasteiger partial charge in [-0.05, 0) is 30.2 Å². The van der Waals surface area contributed by atoms with Crippen molar-refractivity contribution >= 4 is 18.6 Å². The van der Waals surface area contributed by atoms with E-state index >= 15 is 0 Å². The summed E-state index contributed by atoms with van der Waals surface area (Å²) in [6, 6.07) is 15.3. The van der Waals surface area contributed by atoms with Gasteiger partial charge in [-0.1, -0.05) is 48.5 Å². The Hall–Kier alpha value is -2.16. The van der Waals surface area contributed by atoms with Crippen LogP contribution in [0, 0.1) is 0 Å². The summed E-state index contributed by atoms with van der Waals surface area (Å²) in [7, 11) is -3.78. The van der Waals surface area contributed by atoms with Gasteiger partial charge in [0.05, 0.1) is 11.6 Å². The third-order valence-corrected chi connectivity index (χ3v) is 6.13. The lowest BCUT2D eigenvalue weighted by molar-refractivity contribution is -0.138. The number of rotatable bonds is 6. The molecule has 0 saturated heterocycles. The highest BCUT2D eigenvalue weighted by molar-refractivity contribution is 7.66. The minimum absolute atomic E-state index is 0.233. The number of hydrogen-bond donors (Lipinski definition) is 2. The maximum absolute atomic E-state index is 13.0. The van der Waals surface area contributed by atoms with Gasteiger partial charge < -0.3 is 10.00 Å². The summed E-state index contributed by atoms with van der Waals surface area (Å²) >= 11 is 0. The molecule has 5 heteroatoms. The minimum atomic E-state index is -3.78. The molecule has 120 valence electrons. The van der Waals surface area contributed by atoms with Crippen LogP contribution >= 0.6 is 7.37 Å². The number of carboxylic acids is 1. The predicted molar refractivity (Wildman–Crippen MR) is 91.3 cm³/mol. The first-order valence-electron chi connectivity index (χ1n) is 7.21. The standard InChI is InChI=1S/C18H19O4P/c1-3-17(14-8-5-4-6-9-14)23(21,22)16-11-7-10-15(12-16)13(2)18(19)20/h3-13,17H,1H2,2H3,(H,19,20)(H,21,22). The smallest absolute Gasteiger partial charge is 0.310 e. The molecule has 0 heterocycles. The zero-order valence-corrected chi connectivity index (χ0v) is 13.7. The summed E-state index contributed by atoms with van der Waals surface area (Å²) in [5, 5.41) is 9.35. The van der Waals surface area contributed by atoms with Crippen molar-refractivity contribution in [3.8, 4) is 0 Å². The van der Waals surface area contributed by atoms with Crippen LogP contribution in [0.1, 0.15) is 29.6 Å². The van der Waals surface area contributed by atoms with Gasteiger partial charge in [0.2, 0.25) is 7.37 Å². The van der Waals surface area contributed by atoms with Crippen molar-refractivity contribution in [2.45, 2.75) is 18.5 Å². The summed E-state index contributed by atoms with van der Waals surface area (Å²) in [6.07, 6.45) is 1.46. The summed E-state index contributed by atoms with van der Waals surface area (Å²) in [6.45, 7) is 5.24. The lowest BCUT2D eigenvalue weighted by atomic mass is 10.0. The quantitative estimate of drug-likeness (QED) is 0.625. The molecule has 0 saturated carbocycles. The van der Waals surface area contributed by atoms with Crippen LogP contribution in [-0.4, -0.2) is 16.0 Å². The van der Waals surface area contributed by atoms with Crippen LogP contribution < -0.4 is 5.30 Å². The first-order valence-corrected chi connectivity index (χ1v) is 8.94. The highest BCUT2D eigenvalue weighted by Gasteiger charge is 2.32. The van der Waals surface area contributed by atoms with Crippen molar-refractivity contribution in [3.05, 3.63) is 78.4 Å². The second-order valence-electron chi connectivity index (χ2n) is 5.37. The van der Waals surface area contributed by atoms with Gasteiger partial charge in [0.25, 0.3) is 0 Å². The highest BCUT2D eigenvalue weighted by Crippen LogP contribution is 2.55. The maximum Gasteiger partial charge on any atom is 0.310 e. The Bertz CT molecular complexity index is 755. The average molecular weight is 330 g/mol. The fraction of sp³-hybridized carbons (Fsp3) is 0.167. The molecule has 0 amide bonds. The first kappa shape index (κ1) is 17.2. The molecule has 2 aromatic carbocycles. The van der Waals surface area contributed by atoms with Crippen molar-refractivity contribution in [2.75, 3.05) is 0 Å². The summed E-state index contributed by atoms with van der Waals surface area (Å²) in [5.74, 6) is -1.72. The molecular weight excluding hydrogens is 311 g/mol. The SMILES string of the molecule is C=CC(c1ccccc1)P(=O)(O)c1cccc(C(C)C(=O)O)c1. The van der Waals surface area contributed by atoms with Crippen LogP contribution in [0.2, 0.25) is 0 Å². The van der Waals surface area contributed by atoms with Gasteiger partial charge in [-0.2, -0.15) is 0 Å². The molecule has 0 aromatic heterocycles. The van der Waals surface area contributed by atoms with Gasteiger partial charge >= 0.3 is 5.97 Å². The largest absolute Gasteiger partial charge is 0.481 e. The minimum Gasteiger partial charge on any atom is -0.481 e. The van der Waals surface area contributed by atoms with E-state index in [4.69, 9.17) is 5.11 Å². The predicted octanol–water partition coefficient (Wildman–Crippen LogP) is 3.70. The Morgan fingerprint density at radius 3 is 2.30 bits per heavy atom. The highest BCUT2D eigenvalue weighted by atomic mass is 31.2. The zero-order valence-electron chi connectivity index (χ0n) is 12.8. The second kappa shape index (κ2) is 6.95. The van der Waals surface area contributed by atoms with E-state index in [1.165, 1.54) is 12.1 Å². The molecule has 0 bridgehead atoms. The van der Waals surface area contributed by atoms with Gasteiger partial charge in [0, 0.05) is 5.30 Å². The lowest BCUT2D eigenvalue weighted by Crippen LogP contribution is -2.14. The first-order chi connectivity index (χ1) is 10.9. The monoisotopic (exact) mass is 330 g/mol. The molecule has 2 N–H and O–H groups in total. The Morgan fingerprint density at radius 2 is 1.74 bits per heavy atom.